The summed E-state index contributed by atoms with van der Waals surface area (Å²) < 4.78 is 10.2. The predicted octanol–water partition coefficient (Wildman–Crippen LogP) is -0.0960. The summed E-state index contributed by atoms with van der Waals surface area (Å²) in [5.74, 6) is 0.727. The number of hydrogen-bond acceptors (Lipinski definition) is 6. The molecule has 1 aromatic heterocycles. The van der Waals surface area contributed by atoms with Crippen LogP contribution in [-0.4, -0.2) is 43.4 Å². The van der Waals surface area contributed by atoms with Crippen molar-refractivity contribution in [3.8, 4) is 6.01 Å². The zero-order valence-electron chi connectivity index (χ0n) is 8.64. The molecule has 1 aromatic rings. The van der Waals surface area contributed by atoms with Gasteiger partial charge in [-0.2, -0.15) is 4.98 Å². The number of ether oxygens (including phenoxy) is 2. The largest absolute Gasteiger partial charge is 0.467 e. The van der Waals surface area contributed by atoms with Gasteiger partial charge in [0.2, 0.25) is 0 Å². The van der Waals surface area contributed by atoms with Gasteiger partial charge >= 0.3 is 6.01 Å². The molecule has 1 saturated heterocycles. The Balaban J connectivity index is 2.24. The smallest absolute Gasteiger partial charge is 0.318 e. The third-order valence-corrected chi connectivity index (χ3v) is 2.27. The molecule has 0 bridgehead atoms. The van der Waals surface area contributed by atoms with Crippen LogP contribution in [0, 0.1) is 0 Å². The summed E-state index contributed by atoms with van der Waals surface area (Å²) in [6.45, 7) is 2.99. The second-order valence-electron chi connectivity index (χ2n) is 3.24. The van der Waals surface area contributed by atoms with E-state index in [0.29, 0.717) is 24.9 Å². The summed E-state index contributed by atoms with van der Waals surface area (Å²) in [5, 5.41) is 0. The van der Waals surface area contributed by atoms with Crippen LogP contribution < -0.4 is 15.4 Å². The molecule has 6 nitrogen and oxygen atoms in total. The maximum Gasteiger partial charge on any atom is 0.318 e. The molecule has 0 saturated carbocycles. The number of nitrogens with two attached hydrogens (primary N) is 1. The van der Waals surface area contributed by atoms with Crippen LogP contribution in [0.1, 0.15) is 0 Å². The van der Waals surface area contributed by atoms with Gasteiger partial charge in [-0.05, 0) is 0 Å². The maximum absolute atomic E-state index is 5.81. The van der Waals surface area contributed by atoms with E-state index in [0.717, 1.165) is 18.9 Å². The quantitative estimate of drug-likeness (QED) is 0.735. The summed E-state index contributed by atoms with van der Waals surface area (Å²) in [5.41, 5.74) is 6.38. The van der Waals surface area contributed by atoms with Crippen molar-refractivity contribution in [2.45, 2.75) is 0 Å². The standard InChI is InChI=1S/C9H14N4O2/c1-14-9-11-6-7(10)8(12-9)13-2-4-15-5-3-13/h6H,2-5,10H2,1H3. The van der Waals surface area contributed by atoms with Gasteiger partial charge in [-0.3, -0.25) is 0 Å². The van der Waals surface area contributed by atoms with Crippen molar-refractivity contribution in [1.82, 2.24) is 9.97 Å². The first-order valence-electron chi connectivity index (χ1n) is 4.80. The van der Waals surface area contributed by atoms with Gasteiger partial charge in [0, 0.05) is 13.1 Å². The van der Waals surface area contributed by atoms with E-state index in [1.165, 1.54) is 7.11 Å². The molecule has 0 unspecified atom stereocenters. The Labute approximate surface area is 88.0 Å². The third kappa shape index (κ3) is 2.10. The average molecular weight is 210 g/mol. The topological polar surface area (TPSA) is 73.5 Å². The van der Waals surface area contributed by atoms with Crippen molar-refractivity contribution in [3.05, 3.63) is 6.20 Å². The lowest BCUT2D eigenvalue weighted by atomic mass is 10.4. The molecule has 15 heavy (non-hydrogen) atoms. The van der Waals surface area contributed by atoms with Gasteiger partial charge in [0.25, 0.3) is 0 Å². The van der Waals surface area contributed by atoms with Crippen LogP contribution in [-0.2, 0) is 4.74 Å². The molecule has 6 heteroatoms. The normalized spacial score (nSPS) is 16.5. The molecule has 1 fully saturated rings. The van der Waals surface area contributed by atoms with Crippen molar-refractivity contribution in [1.29, 1.82) is 0 Å². The van der Waals surface area contributed by atoms with Crippen molar-refractivity contribution in [3.63, 3.8) is 0 Å². The minimum absolute atomic E-state index is 0.339. The van der Waals surface area contributed by atoms with E-state index >= 15 is 0 Å². The Morgan fingerprint density at radius 3 is 2.87 bits per heavy atom. The molecular weight excluding hydrogens is 196 g/mol. The van der Waals surface area contributed by atoms with E-state index in [-0.39, 0.29) is 0 Å². The highest BCUT2D eigenvalue weighted by molar-refractivity contribution is 5.61. The van der Waals surface area contributed by atoms with Crippen LogP contribution in [0.3, 0.4) is 0 Å². The number of methoxy groups -OCH3 is 1. The molecule has 2 N–H and O–H groups in total. The second-order valence-corrected chi connectivity index (χ2v) is 3.24. The van der Waals surface area contributed by atoms with E-state index in [1.807, 2.05) is 0 Å². The zero-order chi connectivity index (χ0) is 10.7. The number of aromatic nitrogens is 2. The number of hydrogen-bond donors (Lipinski definition) is 1. The monoisotopic (exact) mass is 210 g/mol. The van der Waals surface area contributed by atoms with Gasteiger partial charge in [0.1, 0.15) is 0 Å². The molecule has 0 atom stereocenters. The summed E-state index contributed by atoms with van der Waals surface area (Å²) in [6, 6.07) is 0.339. The highest BCUT2D eigenvalue weighted by atomic mass is 16.5. The fraction of sp³-hybridized carbons (Fsp3) is 0.556. The Morgan fingerprint density at radius 1 is 1.47 bits per heavy atom. The van der Waals surface area contributed by atoms with E-state index in [9.17, 15) is 0 Å². The molecule has 0 radical (unpaired) electrons. The Bertz CT molecular complexity index is 339. The first-order valence-corrected chi connectivity index (χ1v) is 4.80. The fourth-order valence-electron chi connectivity index (χ4n) is 1.49. The molecule has 0 aromatic carbocycles. The molecule has 0 aliphatic carbocycles. The third-order valence-electron chi connectivity index (χ3n) is 2.27. The van der Waals surface area contributed by atoms with E-state index < -0.39 is 0 Å². The molecular formula is C9H14N4O2. The molecule has 2 rings (SSSR count). The van der Waals surface area contributed by atoms with Gasteiger partial charge in [0.05, 0.1) is 32.2 Å². The van der Waals surface area contributed by atoms with Crippen molar-refractivity contribution < 1.29 is 9.47 Å². The van der Waals surface area contributed by atoms with Crippen LogP contribution in [0.4, 0.5) is 11.5 Å². The SMILES string of the molecule is COc1ncc(N)c(N2CCOCC2)n1. The summed E-state index contributed by atoms with van der Waals surface area (Å²) in [6.07, 6.45) is 1.57. The highest BCUT2D eigenvalue weighted by Gasteiger charge is 2.16. The first kappa shape index (κ1) is 9.97. The number of rotatable bonds is 2. The molecule has 82 valence electrons. The lowest BCUT2D eigenvalue weighted by Crippen LogP contribution is -2.37. The van der Waals surface area contributed by atoms with Crippen molar-refractivity contribution in [2.24, 2.45) is 0 Å². The molecule has 0 spiro atoms. The van der Waals surface area contributed by atoms with E-state index in [1.54, 1.807) is 6.20 Å². The lowest BCUT2D eigenvalue weighted by Gasteiger charge is -2.28. The van der Waals surface area contributed by atoms with Crippen LogP contribution in [0.2, 0.25) is 0 Å². The summed E-state index contributed by atoms with van der Waals surface area (Å²) in [4.78, 5) is 10.2. The highest BCUT2D eigenvalue weighted by Crippen LogP contribution is 2.22. The molecule has 1 aliphatic heterocycles. The van der Waals surface area contributed by atoms with Crippen LogP contribution in [0.15, 0.2) is 6.20 Å². The van der Waals surface area contributed by atoms with Gasteiger partial charge < -0.3 is 20.1 Å². The minimum Gasteiger partial charge on any atom is -0.467 e. The van der Waals surface area contributed by atoms with E-state index in [4.69, 9.17) is 15.2 Å². The average Bonchev–Trinajstić information content (AvgIpc) is 2.31. The van der Waals surface area contributed by atoms with Crippen LogP contribution in [0.25, 0.3) is 0 Å². The molecule has 1 aliphatic rings. The molecule has 0 amide bonds. The van der Waals surface area contributed by atoms with Gasteiger partial charge in [-0.15, -0.1) is 0 Å². The Morgan fingerprint density at radius 2 is 2.20 bits per heavy atom. The second kappa shape index (κ2) is 4.31. The number of nitrogens with zero attached hydrogens (tertiary/aromatic N) is 3. The van der Waals surface area contributed by atoms with Crippen LogP contribution >= 0.6 is 0 Å². The summed E-state index contributed by atoms with van der Waals surface area (Å²) in [7, 11) is 1.54. The Kier molecular flexibility index (Phi) is 2.86. The minimum atomic E-state index is 0.339. The lowest BCUT2D eigenvalue weighted by molar-refractivity contribution is 0.122. The van der Waals surface area contributed by atoms with Gasteiger partial charge in [-0.25, -0.2) is 4.98 Å². The maximum atomic E-state index is 5.81. The first-order chi connectivity index (χ1) is 7.31. The number of morpholine rings is 1. The van der Waals surface area contributed by atoms with Gasteiger partial charge in [0.15, 0.2) is 5.82 Å². The van der Waals surface area contributed by atoms with E-state index in [2.05, 4.69) is 14.9 Å². The van der Waals surface area contributed by atoms with Crippen LogP contribution in [0.5, 0.6) is 6.01 Å². The number of anilines is 2. The Hall–Kier alpha value is -1.56. The predicted molar refractivity (Wildman–Crippen MR) is 56.0 cm³/mol. The number of nitrogen functional groups attached to an aromatic ring is 1. The fourth-order valence-corrected chi connectivity index (χ4v) is 1.49. The molecule has 2 heterocycles. The van der Waals surface area contributed by atoms with Gasteiger partial charge in [-0.1, -0.05) is 0 Å². The van der Waals surface area contributed by atoms with Crippen molar-refractivity contribution >= 4 is 11.5 Å². The summed E-state index contributed by atoms with van der Waals surface area (Å²) >= 11 is 0. The van der Waals surface area contributed by atoms with Crippen molar-refractivity contribution in [2.75, 3.05) is 44.0 Å². The zero-order valence-corrected chi connectivity index (χ0v) is 8.64.